The summed E-state index contributed by atoms with van der Waals surface area (Å²) < 4.78 is 3.36. The largest absolute Gasteiger partial charge is 0.478 e. The molecule has 11 heteroatoms. The zero-order valence-corrected chi connectivity index (χ0v) is 8.16. The molecule has 1 amide bonds. The topological polar surface area (TPSA) is 188 Å². The molecule has 0 fully saturated rings. The third-order valence-corrected chi connectivity index (χ3v) is 0.912. The predicted octanol–water partition coefficient (Wildman–Crippen LogP) is -2.59. The van der Waals surface area contributed by atoms with E-state index in [9.17, 15) is 9.59 Å². The van der Waals surface area contributed by atoms with Gasteiger partial charge in [-0.25, -0.2) is 9.59 Å². The van der Waals surface area contributed by atoms with Crippen molar-refractivity contribution in [3.05, 3.63) is 12.7 Å². The minimum atomic E-state index is -3.60. The summed E-state index contributed by atoms with van der Waals surface area (Å²) in [5, 5.41) is 55.3. The van der Waals surface area contributed by atoms with E-state index in [1.54, 1.807) is 0 Å². The van der Waals surface area contributed by atoms with Gasteiger partial charge in [-0.05, 0) is 0 Å². The van der Waals surface area contributed by atoms with Crippen molar-refractivity contribution in [1.29, 1.82) is 0 Å². The molecular formula is C6H11NO10. The monoisotopic (exact) mass is 257 g/mol. The summed E-state index contributed by atoms with van der Waals surface area (Å²) in [7, 11) is 0. The highest BCUT2D eigenvalue weighted by atomic mass is 16.9. The number of aliphatic hydroxyl groups excluding tert-OH is 1. The fourth-order valence-corrected chi connectivity index (χ4v) is 0.222. The second-order valence-electron chi connectivity index (χ2n) is 2.23. The maximum absolute atomic E-state index is 10.1. The van der Waals surface area contributed by atoms with E-state index in [1.807, 2.05) is 0 Å². The second kappa shape index (κ2) is 7.50. The molecular weight excluding hydrogens is 246 g/mol. The summed E-state index contributed by atoms with van der Waals surface area (Å²) in [6, 6.07) is 0. The highest BCUT2D eigenvalue weighted by Crippen LogP contribution is 2.07. The lowest BCUT2D eigenvalue weighted by Gasteiger charge is -2.22. The number of hydrogen-bond donors (Lipinski definition) is 7. The number of ether oxygens (including phenoxy) is 1. The van der Waals surface area contributed by atoms with Crippen molar-refractivity contribution in [3.8, 4) is 0 Å². The van der Waals surface area contributed by atoms with E-state index in [-0.39, 0.29) is 0 Å². The molecule has 0 unspecified atom stereocenters. The summed E-state index contributed by atoms with van der Waals surface area (Å²) in [6.07, 6.45) is -3.95. The number of hydroxylamine groups is 2. The van der Waals surface area contributed by atoms with Crippen LogP contribution in [0.2, 0.25) is 0 Å². The highest BCUT2D eigenvalue weighted by molar-refractivity contribution is 5.78. The number of carboxylic acid groups (broad SMARTS) is 1. The third-order valence-electron chi connectivity index (χ3n) is 0.912. The molecule has 11 nitrogen and oxygen atoms in total. The quantitative estimate of drug-likeness (QED) is 0.122. The third kappa shape index (κ3) is 9.19. The number of aliphatic hydroxyl groups is 4. The van der Waals surface area contributed by atoms with E-state index >= 15 is 0 Å². The molecule has 0 aromatic rings. The van der Waals surface area contributed by atoms with Crippen molar-refractivity contribution in [2.75, 3.05) is 0 Å². The van der Waals surface area contributed by atoms with Crippen LogP contribution in [0, 0.1) is 0 Å². The number of aliphatic carboxylic acids is 1. The van der Waals surface area contributed by atoms with Crippen LogP contribution in [-0.4, -0.2) is 65.5 Å². The Morgan fingerprint density at radius 3 is 1.82 bits per heavy atom. The lowest BCUT2D eigenvalue weighted by atomic mass is 10.5. The molecule has 0 heterocycles. The Kier molecular flexibility index (Phi) is 7.78. The number of amides is 1. The normalized spacial score (nSPS) is 10.1. The van der Waals surface area contributed by atoms with E-state index in [0.29, 0.717) is 0 Å². The Labute approximate surface area is 93.5 Å². The van der Waals surface area contributed by atoms with E-state index < -0.39 is 29.6 Å². The molecule has 0 atom stereocenters. The van der Waals surface area contributed by atoms with Crippen LogP contribution in [0.4, 0.5) is 4.79 Å². The Balaban J connectivity index is 0. The van der Waals surface area contributed by atoms with Crippen LogP contribution in [0.1, 0.15) is 0 Å². The molecule has 7 N–H and O–H groups in total. The predicted molar refractivity (Wildman–Crippen MR) is 45.1 cm³/mol. The van der Waals surface area contributed by atoms with Gasteiger partial charge in [-0.1, -0.05) is 11.8 Å². The number of rotatable bonds is 3. The van der Waals surface area contributed by atoms with Gasteiger partial charge < -0.3 is 30.3 Å². The molecule has 0 aliphatic carbocycles. The molecule has 0 aromatic heterocycles. The molecule has 0 aliphatic rings. The minimum absolute atomic E-state index is 0.833. The van der Waals surface area contributed by atoms with Gasteiger partial charge in [-0.2, -0.15) is 0 Å². The Morgan fingerprint density at radius 1 is 1.29 bits per heavy atom. The standard InChI is InChI=1S/C3H7NO8.C3H4O2/c5-1(6)3(8,9)12-2(7)4(10)11;1-2-3(4)5/h1,5-6,8-11H;2H,1H2,(H,4,5). The zero-order chi connectivity index (χ0) is 14.2. The molecule has 0 saturated heterocycles. The van der Waals surface area contributed by atoms with E-state index in [0.717, 1.165) is 6.08 Å². The van der Waals surface area contributed by atoms with E-state index in [2.05, 4.69) is 11.3 Å². The SMILES string of the molecule is C=CC(=O)O.O=C(OC(O)(O)C(O)O)N(O)O. The van der Waals surface area contributed by atoms with Crippen LogP contribution in [-0.2, 0) is 9.53 Å². The van der Waals surface area contributed by atoms with Crippen LogP contribution in [0.5, 0.6) is 0 Å². The van der Waals surface area contributed by atoms with Gasteiger partial charge in [-0.3, -0.25) is 10.4 Å². The molecule has 0 aromatic carbocycles. The number of carbonyl (C=O) groups is 2. The Hall–Kier alpha value is -1.76. The zero-order valence-electron chi connectivity index (χ0n) is 8.16. The first-order valence-corrected chi connectivity index (χ1v) is 3.61. The van der Waals surface area contributed by atoms with Gasteiger partial charge >= 0.3 is 18.0 Å². The van der Waals surface area contributed by atoms with E-state index in [4.69, 9.17) is 35.9 Å². The van der Waals surface area contributed by atoms with Crippen LogP contribution < -0.4 is 0 Å². The molecule has 0 bridgehead atoms. The summed E-state index contributed by atoms with van der Waals surface area (Å²) in [5.41, 5.74) is 0. The highest BCUT2D eigenvalue weighted by Gasteiger charge is 2.38. The molecule has 0 aliphatic heterocycles. The Bertz CT molecular complexity index is 272. The van der Waals surface area contributed by atoms with Crippen LogP contribution >= 0.6 is 0 Å². The van der Waals surface area contributed by atoms with Crippen molar-refractivity contribution < 1.29 is 50.3 Å². The molecule has 17 heavy (non-hydrogen) atoms. The minimum Gasteiger partial charge on any atom is -0.478 e. The van der Waals surface area contributed by atoms with Crippen molar-refractivity contribution in [2.24, 2.45) is 0 Å². The second-order valence-corrected chi connectivity index (χ2v) is 2.23. The van der Waals surface area contributed by atoms with Gasteiger partial charge in [0.15, 0.2) is 0 Å². The van der Waals surface area contributed by atoms with Gasteiger partial charge in [0.25, 0.3) is 0 Å². The number of carboxylic acids is 1. The lowest BCUT2D eigenvalue weighted by Crippen LogP contribution is -2.48. The van der Waals surface area contributed by atoms with Crippen molar-refractivity contribution in [3.63, 3.8) is 0 Å². The summed E-state index contributed by atoms with van der Waals surface area (Å²) in [4.78, 5) is 19.4. The summed E-state index contributed by atoms with van der Waals surface area (Å²) in [5.74, 6) is -4.58. The molecule has 0 spiro atoms. The molecule has 100 valence electrons. The van der Waals surface area contributed by atoms with Crippen LogP contribution in [0.25, 0.3) is 0 Å². The van der Waals surface area contributed by atoms with Gasteiger partial charge in [0.1, 0.15) is 0 Å². The average molecular weight is 257 g/mol. The van der Waals surface area contributed by atoms with E-state index in [1.165, 1.54) is 0 Å². The smallest absolute Gasteiger partial charge is 0.463 e. The van der Waals surface area contributed by atoms with Crippen LogP contribution in [0.3, 0.4) is 0 Å². The first-order valence-electron chi connectivity index (χ1n) is 3.61. The Morgan fingerprint density at radius 2 is 1.65 bits per heavy atom. The fourth-order valence-electron chi connectivity index (χ4n) is 0.222. The number of nitrogens with zero attached hydrogens (tertiary/aromatic N) is 1. The molecule has 0 saturated carbocycles. The lowest BCUT2D eigenvalue weighted by molar-refractivity contribution is -0.405. The molecule has 0 rings (SSSR count). The van der Waals surface area contributed by atoms with Gasteiger partial charge in [-0.15, -0.1) is 0 Å². The van der Waals surface area contributed by atoms with Gasteiger partial charge in [0, 0.05) is 6.08 Å². The van der Waals surface area contributed by atoms with Crippen molar-refractivity contribution in [2.45, 2.75) is 12.3 Å². The first kappa shape index (κ1) is 17.6. The van der Waals surface area contributed by atoms with Gasteiger partial charge in [0.05, 0.1) is 0 Å². The first-order chi connectivity index (χ1) is 7.54. The maximum atomic E-state index is 10.1. The number of hydrogen-bond acceptors (Lipinski definition) is 9. The number of carbonyl (C=O) groups excluding carboxylic acids is 1. The summed E-state index contributed by atoms with van der Waals surface area (Å²) >= 11 is 0. The average Bonchev–Trinajstić information content (AvgIpc) is 2.17. The van der Waals surface area contributed by atoms with Crippen molar-refractivity contribution in [1.82, 2.24) is 5.23 Å². The van der Waals surface area contributed by atoms with Gasteiger partial charge in [0.2, 0.25) is 6.29 Å². The fraction of sp³-hybridized carbons (Fsp3) is 0.333. The molecule has 0 radical (unpaired) electrons. The maximum Gasteiger partial charge on any atom is 0.463 e. The van der Waals surface area contributed by atoms with Crippen molar-refractivity contribution >= 4 is 12.1 Å². The van der Waals surface area contributed by atoms with Crippen LogP contribution in [0.15, 0.2) is 12.7 Å². The summed E-state index contributed by atoms with van der Waals surface area (Å²) in [6.45, 7) is 2.96.